The lowest BCUT2D eigenvalue weighted by Crippen LogP contribution is -2.36. The smallest absolute Gasteiger partial charge is 0.0438 e. The Hall–Kier alpha value is -1.31. The molecule has 1 nitrogen and oxygen atoms in total. The largest absolute Gasteiger partial charge is 0.330 e. The molecule has 1 unspecified atom stereocenters. The van der Waals surface area contributed by atoms with Gasteiger partial charge in [0.15, 0.2) is 0 Å². The Labute approximate surface area is 120 Å². The summed E-state index contributed by atoms with van der Waals surface area (Å²) in [5, 5.41) is 0.824. The minimum absolute atomic E-state index is 0.0355. The highest BCUT2D eigenvalue weighted by Gasteiger charge is 2.29. The average Bonchev–Trinajstić information content (AvgIpc) is 2.48. The van der Waals surface area contributed by atoms with Crippen molar-refractivity contribution in [2.75, 3.05) is 6.54 Å². The predicted octanol–water partition coefficient (Wildman–Crippen LogP) is 4.19. The van der Waals surface area contributed by atoms with Gasteiger partial charge in [-0.1, -0.05) is 67.1 Å². The van der Waals surface area contributed by atoms with Gasteiger partial charge < -0.3 is 5.73 Å². The molecule has 0 saturated carbocycles. The first-order chi connectivity index (χ1) is 9.22. The Bertz CT molecular complexity index is 518. The van der Waals surface area contributed by atoms with Crippen molar-refractivity contribution in [1.29, 1.82) is 0 Å². The zero-order chi connectivity index (χ0) is 13.7. The number of halogens is 1. The van der Waals surface area contributed by atoms with Gasteiger partial charge in [0, 0.05) is 17.0 Å². The second-order valence-electron chi connectivity index (χ2n) is 4.97. The van der Waals surface area contributed by atoms with Crippen LogP contribution in [0.15, 0.2) is 54.6 Å². The van der Waals surface area contributed by atoms with E-state index in [1.807, 2.05) is 24.3 Å². The fourth-order valence-electron chi connectivity index (χ4n) is 2.56. The van der Waals surface area contributed by atoms with Crippen molar-refractivity contribution < 1.29 is 0 Å². The van der Waals surface area contributed by atoms with E-state index in [0.717, 1.165) is 17.9 Å². The first-order valence-corrected chi connectivity index (χ1v) is 7.08. The first-order valence-electron chi connectivity index (χ1n) is 6.71. The monoisotopic (exact) mass is 273 g/mol. The van der Waals surface area contributed by atoms with Crippen LogP contribution in [0, 0.1) is 0 Å². The lowest BCUT2D eigenvalue weighted by atomic mass is 9.73. The van der Waals surface area contributed by atoms with E-state index in [1.165, 1.54) is 11.1 Å². The molecule has 0 fully saturated rings. The van der Waals surface area contributed by atoms with Crippen LogP contribution in [0.2, 0.25) is 5.02 Å². The maximum atomic E-state index is 6.29. The number of rotatable bonds is 5. The molecule has 2 aromatic carbocycles. The molecule has 0 aliphatic rings. The van der Waals surface area contributed by atoms with E-state index < -0.39 is 0 Å². The topological polar surface area (TPSA) is 26.0 Å². The van der Waals surface area contributed by atoms with Gasteiger partial charge in [-0.15, -0.1) is 0 Å². The predicted molar refractivity (Wildman–Crippen MR) is 82.6 cm³/mol. The second-order valence-corrected chi connectivity index (χ2v) is 5.38. The summed E-state index contributed by atoms with van der Waals surface area (Å²) < 4.78 is 0. The average molecular weight is 274 g/mol. The summed E-state index contributed by atoms with van der Waals surface area (Å²) in [6, 6.07) is 18.5. The fraction of sp³-hybridized carbons (Fsp3) is 0.294. The molecule has 2 rings (SSSR count). The van der Waals surface area contributed by atoms with Crippen molar-refractivity contribution in [3.8, 4) is 0 Å². The molecule has 0 aliphatic carbocycles. The van der Waals surface area contributed by atoms with Crippen molar-refractivity contribution in [2.24, 2.45) is 5.73 Å². The van der Waals surface area contributed by atoms with Gasteiger partial charge in [0.05, 0.1) is 0 Å². The summed E-state index contributed by atoms with van der Waals surface area (Å²) in [5.74, 6) is 0. The van der Waals surface area contributed by atoms with E-state index in [-0.39, 0.29) is 5.41 Å². The molecule has 0 aromatic heterocycles. The highest BCUT2D eigenvalue weighted by atomic mass is 35.5. The van der Waals surface area contributed by atoms with Crippen LogP contribution in [0.25, 0.3) is 0 Å². The number of hydrogen-bond donors (Lipinski definition) is 1. The molecule has 0 amide bonds. The van der Waals surface area contributed by atoms with Gasteiger partial charge in [0.2, 0.25) is 0 Å². The first kappa shape index (κ1) is 14.1. The third kappa shape index (κ3) is 2.99. The summed E-state index contributed by atoms with van der Waals surface area (Å²) in [7, 11) is 0. The molecule has 0 saturated heterocycles. The third-order valence-electron chi connectivity index (χ3n) is 3.94. The van der Waals surface area contributed by atoms with Gasteiger partial charge >= 0.3 is 0 Å². The minimum Gasteiger partial charge on any atom is -0.330 e. The second kappa shape index (κ2) is 6.23. The van der Waals surface area contributed by atoms with Gasteiger partial charge in [-0.05, 0) is 30.0 Å². The van der Waals surface area contributed by atoms with Crippen LogP contribution in [0.1, 0.15) is 24.5 Å². The molecule has 0 bridgehead atoms. The minimum atomic E-state index is -0.0355. The zero-order valence-electron chi connectivity index (χ0n) is 11.3. The standard InChI is InChI=1S/C17H20ClN/c1-2-17(13-19,15-9-4-3-5-10-15)12-14-8-6-7-11-16(14)18/h3-11H,2,12-13,19H2,1H3. The fourth-order valence-corrected chi connectivity index (χ4v) is 2.77. The van der Waals surface area contributed by atoms with Gasteiger partial charge in [-0.2, -0.15) is 0 Å². The Morgan fingerprint density at radius 1 is 1.00 bits per heavy atom. The Kier molecular flexibility index (Phi) is 4.62. The molecular formula is C17H20ClN. The van der Waals surface area contributed by atoms with E-state index in [1.54, 1.807) is 0 Å². The van der Waals surface area contributed by atoms with Crippen molar-refractivity contribution in [3.63, 3.8) is 0 Å². The Balaban J connectivity index is 2.38. The van der Waals surface area contributed by atoms with Crippen LogP contribution >= 0.6 is 11.6 Å². The number of hydrogen-bond acceptors (Lipinski definition) is 1. The van der Waals surface area contributed by atoms with Crippen molar-refractivity contribution >= 4 is 11.6 Å². The van der Waals surface area contributed by atoms with E-state index in [2.05, 4.69) is 37.3 Å². The molecule has 0 heterocycles. The van der Waals surface area contributed by atoms with E-state index in [4.69, 9.17) is 17.3 Å². The third-order valence-corrected chi connectivity index (χ3v) is 4.31. The van der Waals surface area contributed by atoms with Gasteiger partial charge in [0.1, 0.15) is 0 Å². The molecule has 19 heavy (non-hydrogen) atoms. The SMILES string of the molecule is CCC(CN)(Cc1ccccc1Cl)c1ccccc1. The molecule has 100 valence electrons. The van der Waals surface area contributed by atoms with Crippen LogP contribution < -0.4 is 5.73 Å². The molecule has 2 heteroatoms. The van der Waals surface area contributed by atoms with Crippen LogP contribution in [0.4, 0.5) is 0 Å². The molecule has 0 radical (unpaired) electrons. The summed E-state index contributed by atoms with van der Waals surface area (Å²) >= 11 is 6.29. The lowest BCUT2D eigenvalue weighted by molar-refractivity contribution is 0.418. The lowest BCUT2D eigenvalue weighted by Gasteiger charge is -2.32. The van der Waals surface area contributed by atoms with Gasteiger partial charge in [0.25, 0.3) is 0 Å². The summed E-state index contributed by atoms with van der Waals surface area (Å²) in [6.45, 7) is 2.81. The normalized spacial score (nSPS) is 14.1. The van der Waals surface area contributed by atoms with Crippen LogP contribution in [0.5, 0.6) is 0 Å². The van der Waals surface area contributed by atoms with Crippen LogP contribution in [-0.4, -0.2) is 6.54 Å². The van der Waals surface area contributed by atoms with Gasteiger partial charge in [-0.3, -0.25) is 0 Å². The summed E-state index contributed by atoms with van der Waals surface area (Å²) in [6.07, 6.45) is 1.88. The Morgan fingerprint density at radius 3 is 2.21 bits per heavy atom. The van der Waals surface area contributed by atoms with Crippen LogP contribution in [0.3, 0.4) is 0 Å². The number of benzene rings is 2. The van der Waals surface area contributed by atoms with E-state index in [9.17, 15) is 0 Å². The molecule has 1 atom stereocenters. The van der Waals surface area contributed by atoms with Crippen molar-refractivity contribution in [2.45, 2.75) is 25.2 Å². The molecular weight excluding hydrogens is 254 g/mol. The van der Waals surface area contributed by atoms with Crippen molar-refractivity contribution in [1.82, 2.24) is 0 Å². The maximum absolute atomic E-state index is 6.29. The molecule has 0 aliphatic heterocycles. The highest BCUT2D eigenvalue weighted by molar-refractivity contribution is 6.31. The molecule has 0 spiro atoms. The highest BCUT2D eigenvalue weighted by Crippen LogP contribution is 2.33. The van der Waals surface area contributed by atoms with Crippen LogP contribution in [-0.2, 0) is 11.8 Å². The summed E-state index contributed by atoms with van der Waals surface area (Å²) in [5.41, 5.74) is 8.53. The Morgan fingerprint density at radius 2 is 1.63 bits per heavy atom. The zero-order valence-corrected chi connectivity index (χ0v) is 12.0. The summed E-state index contributed by atoms with van der Waals surface area (Å²) in [4.78, 5) is 0. The maximum Gasteiger partial charge on any atom is 0.0438 e. The quantitative estimate of drug-likeness (QED) is 0.869. The molecule has 2 N–H and O–H groups in total. The number of nitrogens with two attached hydrogens (primary N) is 1. The van der Waals surface area contributed by atoms with E-state index >= 15 is 0 Å². The molecule has 2 aromatic rings. The van der Waals surface area contributed by atoms with E-state index in [0.29, 0.717) is 6.54 Å². The van der Waals surface area contributed by atoms with Gasteiger partial charge in [-0.25, -0.2) is 0 Å². The van der Waals surface area contributed by atoms with Crippen molar-refractivity contribution in [3.05, 3.63) is 70.7 Å².